The van der Waals surface area contributed by atoms with Gasteiger partial charge in [0.2, 0.25) is 0 Å². The number of pyridine rings is 2. The van der Waals surface area contributed by atoms with Crippen LogP contribution in [-0.4, -0.2) is 73.7 Å². The zero-order valence-corrected chi connectivity index (χ0v) is 16.2. The van der Waals surface area contributed by atoms with Crippen LogP contribution >= 0.6 is 11.6 Å². The van der Waals surface area contributed by atoms with Gasteiger partial charge in [0, 0.05) is 44.7 Å². The van der Waals surface area contributed by atoms with E-state index in [1.807, 2.05) is 23.6 Å². The Labute approximate surface area is 163 Å². The zero-order valence-electron chi connectivity index (χ0n) is 15.4. The maximum atomic E-state index is 7.74. The summed E-state index contributed by atoms with van der Waals surface area (Å²) in [5, 5.41) is 10.2. The smallest absolute Gasteiger partial charge is 0.129 e. The number of hydrogen-bond acceptors (Lipinski definition) is 6. The lowest BCUT2D eigenvalue weighted by Crippen LogP contribution is -2.81. The van der Waals surface area contributed by atoms with E-state index >= 15 is 0 Å². The van der Waals surface area contributed by atoms with Gasteiger partial charge < -0.3 is 20.2 Å². The fraction of sp³-hybridized carbons (Fsp3) is 0.421. The first-order valence-corrected chi connectivity index (χ1v) is 9.37. The minimum absolute atomic E-state index is 0.113. The molecule has 0 amide bonds. The van der Waals surface area contributed by atoms with Crippen molar-refractivity contribution >= 4 is 34.4 Å². The van der Waals surface area contributed by atoms with Crippen LogP contribution in [0.2, 0.25) is 5.15 Å². The van der Waals surface area contributed by atoms with Gasteiger partial charge in [-0.2, -0.15) is 0 Å². The summed E-state index contributed by atoms with van der Waals surface area (Å²) in [6, 6.07) is 5.46. The van der Waals surface area contributed by atoms with Gasteiger partial charge in [-0.3, -0.25) is 9.88 Å². The number of allylic oxidation sites excluding steroid dienone is 1. The Hall–Kier alpha value is -1.90. The van der Waals surface area contributed by atoms with Gasteiger partial charge in [0.15, 0.2) is 0 Å². The highest BCUT2D eigenvalue weighted by Gasteiger charge is 2.17. The summed E-state index contributed by atoms with van der Waals surface area (Å²) in [4.78, 5) is 11.1. The molecule has 0 saturated carbocycles. The fourth-order valence-electron chi connectivity index (χ4n) is 3.03. The van der Waals surface area contributed by atoms with Crippen LogP contribution in [-0.2, 0) is 9.47 Å². The van der Waals surface area contributed by atoms with Gasteiger partial charge in [-0.15, -0.1) is 0 Å². The van der Waals surface area contributed by atoms with Crippen LogP contribution in [0.1, 0.15) is 5.56 Å². The number of morpholine rings is 1. The minimum atomic E-state index is 0.113. The summed E-state index contributed by atoms with van der Waals surface area (Å²) in [6.07, 6.45) is 5.13. The van der Waals surface area contributed by atoms with Crippen LogP contribution < -0.4 is 5.32 Å². The molecule has 3 heterocycles. The molecule has 0 radical (unpaired) electrons. The van der Waals surface area contributed by atoms with Crippen LogP contribution in [0.5, 0.6) is 0 Å². The zero-order chi connectivity index (χ0) is 19.1. The molecule has 1 aliphatic rings. The van der Waals surface area contributed by atoms with Crippen molar-refractivity contribution < 1.29 is 14.8 Å². The third kappa shape index (κ3) is 5.54. The predicted octanol–water partition coefficient (Wildman–Crippen LogP) is 1.18. The fourth-order valence-corrected chi connectivity index (χ4v) is 3.19. The molecule has 1 fully saturated rings. The lowest BCUT2D eigenvalue weighted by atomic mass is 10.1. The molecule has 0 spiro atoms. The molecule has 0 aliphatic carbocycles. The molecule has 1 saturated heterocycles. The molecule has 0 aromatic carbocycles. The van der Waals surface area contributed by atoms with E-state index in [1.54, 1.807) is 19.4 Å². The number of nitrogens with zero attached hydrogens (tertiary/aromatic N) is 3. The van der Waals surface area contributed by atoms with E-state index < -0.39 is 0 Å². The molecular weight excluding hydrogens is 366 g/mol. The molecule has 2 aromatic rings. The highest BCUT2D eigenvalue weighted by atomic mass is 35.5. The highest BCUT2D eigenvalue weighted by Crippen LogP contribution is 2.18. The second-order valence-electron chi connectivity index (χ2n) is 6.40. The van der Waals surface area contributed by atoms with Gasteiger partial charge in [-0.25, -0.2) is 4.98 Å². The van der Waals surface area contributed by atoms with Crippen molar-refractivity contribution in [1.82, 2.24) is 14.9 Å². The van der Waals surface area contributed by atoms with Crippen molar-refractivity contribution in [1.29, 1.82) is 5.41 Å². The minimum Gasteiger partial charge on any atom is -0.379 e. The van der Waals surface area contributed by atoms with Crippen LogP contribution in [0.25, 0.3) is 16.6 Å². The Morgan fingerprint density at radius 2 is 2.22 bits per heavy atom. The maximum absolute atomic E-state index is 7.74. The number of halogens is 1. The Morgan fingerprint density at radius 1 is 1.41 bits per heavy atom. The van der Waals surface area contributed by atoms with E-state index in [-0.39, 0.29) is 6.10 Å². The van der Waals surface area contributed by atoms with Crippen molar-refractivity contribution in [2.45, 2.75) is 6.10 Å². The molecule has 144 valence electrons. The van der Waals surface area contributed by atoms with Crippen molar-refractivity contribution in [2.24, 2.45) is 0 Å². The molecule has 3 N–H and O–H groups in total. The Morgan fingerprint density at radius 3 is 2.96 bits per heavy atom. The molecule has 1 atom stereocenters. The standard InChI is InChI=1S/C19H24ClN5O2/c1-26-16(13-25-4-6-27-7-5-25)12-22-10-15(9-21)14-8-18-17(23-11-14)2-3-19(20)24-18/h2-3,8-11,16,21-22H,4-7,12-13H2,1H3/p+1. The number of fused-ring (bicyclic) bond motifs is 1. The first-order valence-electron chi connectivity index (χ1n) is 8.99. The number of aromatic nitrogens is 2. The lowest BCUT2D eigenvalue weighted by molar-refractivity contribution is -0.595. The van der Waals surface area contributed by atoms with E-state index in [2.05, 4.69) is 14.9 Å². The summed E-state index contributed by atoms with van der Waals surface area (Å²) in [5.41, 5.74) is 3.11. The van der Waals surface area contributed by atoms with Crippen molar-refractivity contribution in [3.8, 4) is 0 Å². The van der Waals surface area contributed by atoms with Gasteiger partial charge in [-0.1, -0.05) is 11.6 Å². The van der Waals surface area contributed by atoms with Gasteiger partial charge >= 0.3 is 0 Å². The second kappa shape index (κ2) is 9.87. The Bertz CT molecular complexity index is 808. The molecule has 3 rings (SSSR count). The van der Waals surface area contributed by atoms with E-state index in [0.29, 0.717) is 5.15 Å². The maximum Gasteiger partial charge on any atom is 0.129 e. The number of hydrogen-bond donors (Lipinski definition) is 2. The summed E-state index contributed by atoms with van der Waals surface area (Å²) in [5.74, 6) is 0. The molecular formula is C19H25ClN5O2+. The van der Waals surface area contributed by atoms with Crippen LogP contribution in [0.15, 0.2) is 30.6 Å². The van der Waals surface area contributed by atoms with Gasteiger partial charge in [-0.05, 0) is 18.2 Å². The Balaban J connectivity index is 1.64. The molecule has 27 heavy (non-hydrogen) atoms. The number of nitrogens with two attached hydrogens (primary N) is 1. The number of rotatable bonds is 8. The van der Waals surface area contributed by atoms with Gasteiger partial charge in [0.1, 0.15) is 24.0 Å². The van der Waals surface area contributed by atoms with Gasteiger partial charge in [0.05, 0.1) is 29.8 Å². The average Bonchev–Trinajstić information content (AvgIpc) is 2.70. The van der Waals surface area contributed by atoms with Crippen molar-refractivity contribution in [3.05, 3.63) is 41.3 Å². The number of quaternary nitrogens is 1. The number of methoxy groups -OCH3 is 1. The third-order valence-corrected chi connectivity index (χ3v) is 4.80. The molecule has 7 nitrogen and oxygen atoms in total. The summed E-state index contributed by atoms with van der Waals surface area (Å²) < 4.78 is 11.0. The topological polar surface area (TPSA) is 87.9 Å². The number of nitrogens with one attached hydrogen (secondary N) is 1. The first-order chi connectivity index (χ1) is 13.2. The van der Waals surface area contributed by atoms with Gasteiger partial charge in [0.25, 0.3) is 0 Å². The first kappa shape index (κ1) is 19.9. The van der Waals surface area contributed by atoms with E-state index in [9.17, 15) is 0 Å². The van der Waals surface area contributed by atoms with E-state index in [4.69, 9.17) is 26.5 Å². The van der Waals surface area contributed by atoms with Crippen molar-refractivity contribution in [3.63, 3.8) is 0 Å². The summed E-state index contributed by atoms with van der Waals surface area (Å²) in [6.45, 7) is 5.11. The largest absolute Gasteiger partial charge is 0.379 e. The van der Waals surface area contributed by atoms with E-state index in [0.717, 1.165) is 61.6 Å². The third-order valence-electron chi connectivity index (χ3n) is 4.59. The molecule has 1 aliphatic heterocycles. The summed E-state index contributed by atoms with van der Waals surface area (Å²) in [7, 11) is 1.74. The quantitative estimate of drug-likeness (QED) is 0.522. The second-order valence-corrected chi connectivity index (χ2v) is 6.79. The molecule has 1 unspecified atom stereocenters. The molecule has 8 heteroatoms. The summed E-state index contributed by atoms with van der Waals surface area (Å²) >= 11 is 5.97. The van der Waals surface area contributed by atoms with Crippen LogP contribution in [0.3, 0.4) is 0 Å². The normalized spacial score (nSPS) is 17.2. The number of ether oxygens (including phenoxy) is 2. The Kier molecular flexibility index (Phi) is 7.25. The lowest BCUT2D eigenvalue weighted by Gasteiger charge is -2.29. The van der Waals surface area contributed by atoms with E-state index in [1.165, 1.54) is 6.21 Å². The van der Waals surface area contributed by atoms with Crippen molar-refractivity contribution in [2.75, 3.05) is 46.5 Å². The molecule has 2 aromatic heterocycles. The average molecular weight is 391 g/mol. The predicted molar refractivity (Wildman–Crippen MR) is 106 cm³/mol. The monoisotopic (exact) mass is 390 g/mol. The highest BCUT2D eigenvalue weighted by molar-refractivity contribution is 6.29. The van der Waals surface area contributed by atoms with Crippen LogP contribution in [0, 0.1) is 5.41 Å². The van der Waals surface area contributed by atoms with Crippen LogP contribution in [0.4, 0.5) is 0 Å². The molecule has 0 bridgehead atoms. The SMILES string of the molecule is COC(C[NH2+]C=C(C=N)c1cnc2ccc(Cl)nc2c1)CN1CCOCC1.